The van der Waals surface area contributed by atoms with E-state index in [1.54, 1.807) is 11.8 Å². The van der Waals surface area contributed by atoms with Crippen LogP contribution in [0.5, 0.6) is 0 Å². The van der Waals surface area contributed by atoms with E-state index in [4.69, 9.17) is 0 Å². The predicted molar refractivity (Wildman–Crippen MR) is 58.5 cm³/mol. The van der Waals surface area contributed by atoms with Gasteiger partial charge in [-0.25, -0.2) is 4.39 Å². The van der Waals surface area contributed by atoms with Crippen LogP contribution in [0.4, 0.5) is 4.39 Å². The van der Waals surface area contributed by atoms with Crippen molar-refractivity contribution >= 4 is 11.8 Å². The highest BCUT2D eigenvalue weighted by molar-refractivity contribution is 7.99. The van der Waals surface area contributed by atoms with Crippen molar-refractivity contribution in [2.45, 2.75) is 17.0 Å². The fraction of sp³-hybridized carbons (Fsp3) is 0.455. The van der Waals surface area contributed by atoms with E-state index in [-0.39, 0.29) is 0 Å². The molecule has 1 saturated heterocycles. The van der Waals surface area contributed by atoms with Gasteiger partial charge in [-0.1, -0.05) is 18.2 Å². The van der Waals surface area contributed by atoms with E-state index >= 15 is 0 Å². The van der Waals surface area contributed by atoms with E-state index in [1.807, 2.05) is 30.3 Å². The van der Waals surface area contributed by atoms with Crippen LogP contribution >= 0.6 is 11.8 Å². The van der Waals surface area contributed by atoms with Crippen LogP contribution in [0.1, 0.15) is 6.42 Å². The van der Waals surface area contributed by atoms with Crippen LogP contribution in [0.3, 0.4) is 0 Å². The summed E-state index contributed by atoms with van der Waals surface area (Å²) in [5, 5.41) is 3.06. The minimum atomic E-state index is -0.999. The summed E-state index contributed by atoms with van der Waals surface area (Å²) in [5.74, 6) is 0.560. The molecule has 1 unspecified atom stereocenters. The number of hydrogen-bond donors (Lipinski definition) is 1. The molecule has 1 N–H and O–H groups in total. The molecule has 0 amide bonds. The minimum Gasteiger partial charge on any atom is -0.313 e. The molecular weight excluding hydrogens is 197 g/mol. The lowest BCUT2D eigenvalue weighted by atomic mass is 10.1. The van der Waals surface area contributed by atoms with Gasteiger partial charge in [0, 0.05) is 17.2 Å². The first-order chi connectivity index (χ1) is 6.79. The summed E-state index contributed by atoms with van der Waals surface area (Å²) in [6, 6.07) is 10.00. The Labute approximate surface area is 88.1 Å². The van der Waals surface area contributed by atoms with E-state index in [0.717, 1.165) is 11.4 Å². The monoisotopic (exact) mass is 211 g/mol. The van der Waals surface area contributed by atoms with Crippen molar-refractivity contribution in [2.75, 3.05) is 18.8 Å². The summed E-state index contributed by atoms with van der Waals surface area (Å²) in [6.45, 7) is 1.32. The number of benzene rings is 1. The van der Waals surface area contributed by atoms with Crippen LogP contribution in [0.25, 0.3) is 0 Å². The Morgan fingerprint density at radius 1 is 1.36 bits per heavy atom. The highest BCUT2D eigenvalue weighted by atomic mass is 32.2. The molecular formula is C11H14FNS. The number of nitrogens with one attached hydrogen (secondary N) is 1. The number of halogens is 1. The molecule has 0 spiro atoms. The van der Waals surface area contributed by atoms with Crippen molar-refractivity contribution in [1.29, 1.82) is 0 Å². The Balaban J connectivity index is 1.88. The number of alkyl halides is 1. The zero-order chi connectivity index (χ0) is 9.86. The molecule has 14 heavy (non-hydrogen) atoms. The molecule has 0 aromatic heterocycles. The normalized spacial score (nSPS) is 26.6. The van der Waals surface area contributed by atoms with Crippen LogP contribution in [0.2, 0.25) is 0 Å². The maximum absolute atomic E-state index is 13.9. The van der Waals surface area contributed by atoms with Gasteiger partial charge in [-0.2, -0.15) is 0 Å². The summed E-state index contributed by atoms with van der Waals surface area (Å²) in [6.07, 6.45) is 0.646. The van der Waals surface area contributed by atoms with E-state index in [1.165, 1.54) is 0 Å². The van der Waals surface area contributed by atoms with Gasteiger partial charge in [-0.3, -0.25) is 0 Å². The molecule has 0 aliphatic carbocycles. The van der Waals surface area contributed by atoms with Crippen molar-refractivity contribution in [3.63, 3.8) is 0 Å². The molecule has 3 heteroatoms. The van der Waals surface area contributed by atoms with Gasteiger partial charge < -0.3 is 5.32 Å². The molecule has 0 radical (unpaired) electrons. The van der Waals surface area contributed by atoms with Crippen LogP contribution in [0.15, 0.2) is 35.2 Å². The third-order valence-electron chi connectivity index (χ3n) is 2.43. The first-order valence-electron chi connectivity index (χ1n) is 4.86. The summed E-state index contributed by atoms with van der Waals surface area (Å²) >= 11 is 1.60. The molecule has 76 valence electrons. The molecule has 2 rings (SSSR count). The Bertz CT molecular complexity index is 283. The van der Waals surface area contributed by atoms with Crippen LogP contribution in [-0.2, 0) is 0 Å². The lowest BCUT2D eigenvalue weighted by molar-refractivity contribution is 0.225. The molecule has 1 aliphatic rings. The van der Waals surface area contributed by atoms with Gasteiger partial charge >= 0.3 is 0 Å². The number of thioether (sulfide) groups is 1. The second kappa shape index (κ2) is 4.32. The van der Waals surface area contributed by atoms with Crippen LogP contribution in [0, 0.1) is 0 Å². The lowest BCUT2D eigenvalue weighted by Gasteiger charge is -2.16. The lowest BCUT2D eigenvalue weighted by Crippen LogP contribution is -2.28. The quantitative estimate of drug-likeness (QED) is 0.771. The topological polar surface area (TPSA) is 12.0 Å². The molecule has 1 heterocycles. The molecule has 0 saturated carbocycles. The van der Waals surface area contributed by atoms with Gasteiger partial charge in [0.1, 0.15) is 5.67 Å². The fourth-order valence-corrected chi connectivity index (χ4v) is 2.59. The average molecular weight is 211 g/mol. The number of hydrogen-bond acceptors (Lipinski definition) is 2. The van der Waals surface area contributed by atoms with E-state index in [9.17, 15) is 4.39 Å². The summed E-state index contributed by atoms with van der Waals surface area (Å²) in [7, 11) is 0. The van der Waals surface area contributed by atoms with Crippen LogP contribution < -0.4 is 5.32 Å². The first kappa shape index (κ1) is 9.99. The molecule has 1 aromatic carbocycles. The van der Waals surface area contributed by atoms with E-state index < -0.39 is 5.67 Å². The van der Waals surface area contributed by atoms with E-state index in [2.05, 4.69) is 5.32 Å². The third-order valence-corrected chi connectivity index (χ3v) is 3.70. The predicted octanol–water partition coefficient (Wildman–Crippen LogP) is 2.48. The van der Waals surface area contributed by atoms with Gasteiger partial charge in [0.25, 0.3) is 0 Å². The van der Waals surface area contributed by atoms with Crippen molar-refractivity contribution in [1.82, 2.24) is 5.32 Å². The van der Waals surface area contributed by atoms with Gasteiger partial charge in [-0.15, -0.1) is 11.8 Å². The summed E-state index contributed by atoms with van der Waals surface area (Å²) in [4.78, 5) is 1.15. The minimum absolute atomic E-state index is 0.507. The van der Waals surface area contributed by atoms with Gasteiger partial charge in [0.15, 0.2) is 0 Å². The van der Waals surface area contributed by atoms with Gasteiger partial charge in [-0.05, 0) is 25.1 Å². The second-order valence-corrected chi connectivity index (χ2v) is 4.73. The highest BCUT2D eigenvalue weighted by Gasteiger charge is 2.33. The molecule has 1 fully saturated rings. The Morgan fingerprint density at radius 2 is 2.14 bits per heavy atom. The smallest absolute Gasteiger partial charge is 0.133 e. The van der Waals surface area contributed by atoms with Gasteiger partial charge in [0.2, 0.25) is 0 Å². The zero-order valence-electron chi connectivity index (χ0n) is 8.00. The zero-order valence-corrected chi connectivity index (χ0v) is 8.82. The van der Waals surface area contributed by atoms with Crippen molar-refractivity contribution in [3.8, 4) is 0 Å². The largest absolute Gasteiger partial charge is 0.313 e. The molecule has 1 aliphatic heterocycles. The van der Waals surface area contributed by atoms with Crippen molar-refractivity contribution in [3.05, 3.63) is 30.3 Å². The standard InChI is InChI=1S/C11H14FNS/c12-11(6-7-13-8-11)9-14-10-4-2-1-3-5-10/h1-5,13H,6-9H2. The first-order valence-corrected chi connectivity index (χ1v) is 5.85. The highest BCUT2D eigenvalue weighted by Crippen LogP contribution is 2.28. The van der Waals surface area contributed by atoms with Gasteiger partial charge in [0.05, 0.1) is 0 Å². The van der Waals surface area contributed by atoms with E-state index in [0.29, 0.717) is 18.7 Å². The van der Waals surface area contributed by atoms with Crippen LogP contribution in [-0.4, -0.2) is 24.5 Å². The molecule has 0 bridgehead atoms. The Kier molecular flexibility index (Phi) is 3.08. The SMILES string of the molecule is FC1(CSc2ccccc2)CCNC1. The van der Waals surface area contributed by atoms with Crippen molar-refractivity contribution < 1.29 is 4.39 Å². The second-order valence-electron chi connectivity index (χ2n) is 3.68. The maximum atomic E-state index is 13.9. The Hall–Kier alpha value is -0.540. The molecule has 1 nitrogen and oxygen atoms in total. The molecule has 1 atom stereocenters. The summed E-state index contributed by atoms with van der Waals surface area (Å²) < 4.78 is 13.9. The fourth-order valence-electron chi connectivity index (χ4n) is 1.57. The molecule has 1 aromatic rings. The van der Waals surface area contributed by atoms with Crippen molar-refractivity contribution in [2.24, 2.45) is 0 Å². The maximum Gasteiger partial charge on any atom is 0.133 e. The Morgan fingerprint density at radius 3 is 2.79 bits per heavy atom. The third kappa shape index (κ3) is 2.49. The summed E-state index contributed by atoms with van der Waals surface area (Å²) in [5.41, 5.74) is -0.999. The average Bonchev–Trinajstić information content (AvgIpc) is 2.65. The number of rotatable bonds is 3.